The number of hydrogen-bond donors (Lipinski definition) is 1. The van der Waals surface area contributed by atoms with E-state index in [1.165, 1.54) is 0 Å². The van der Waals surface area contributed by atoms with Crippen molar-refractivity contribution in [3.63, 3.8) is 0 Å². The molecule has 3 heterocycles. The van der Waals surface area contributed by atoms with Crippen LogP contribution in [0.5, 0.6) is 0 Å². The lowest BCUT2D eigenvalue weighted by Crippen LogP contribution is -2.44. The average Bonchev–Trinajstić information content (AvgIpc) is 3.13. The molecular weight excluding hydrogens is 397 g/mol. The second-order valence-electron chi connectivity index (χ2n) is 6.16. The second-order valence-corrected chi connectivity index (χ2v) is 6.16. The van der Waals surface area contributed by atoms with Crippen molar-refractivity contribution >= 4 is 22.5 Å². The van der Waals surface area contributed by atoms with E-state index < -0.39 is 40.2 Å². The van der Waals surface area contributed by atoms with Crippen molar-refractivity contribution in [2.24, 2.45) is 0 Å². The first-order valence-corrected chi connectivity index (χ1v) is 8.05. The number of benzene rings is 1. The van der Waals surface area contributed by atoms with Gasteiger partial charge in [-0.15, -0.1) is 0 Å². The Morgan fingerprint density at radius 3 is 2.32 bits per heavy atom. The van der Waals surface area contributed by atoms with Gasteiger partial charge in [0.1, 0.15) is 11.8 Å². The van der Waals surface area contributed by atoms with Crippen LogP contribution in [0.2, 0.25) is 0 Å². The normalized spacial score (nSPS) is 16.3. The zero-order chi connectivity index (χ0) is 20.3. The van der Waals surface area contributed by atoms with Crippen molar-refractivity contribution in [2.45, 2.75) is 12.1 Å². The van der Waals surface area contributed by atoms with Crippen LogP contribution in [0.3, 0.4) is 0 Å². The van der Waals surface area contributed by atoms with Crippen LogP contribution in [0.1, 0.15) is 5.56 Å². The Bertz CT molecular complexity index is 1050. The number of aromatic nitrogens is 4. The van der Waals surface area contributed by atoms with Crippen molar-refractivity contribution in [1.29, 1.82) is 0 Å². The smallest absolute Gasteiger partial charge is 0.338 e. The maximum Gasteiger partial charge on any atom is 0.458 e. The molecule has 1 saturated heterocycles. The summed E-state index contributed by atoms with van der Waals surface area (Å²) in [5.74, 6) is -9.73. The Labute approximate surface area is 152 Å². The number of piperazine rings is 1. The fraction of sp³-hybridized carbons (Fsp3) is 0.400. The summed E-state index contributed by atoms with van der Waals surface area (Å²) in [6.07, 6.45) is -5.09. The van der Waals surface area contributed by atoms with Crippen molar-refractivity contribution in [3.05, 3.63) is 29.6 Å². The van der Waals surface area contributed by atoms with Crippen molar-refractivity contribution in [2.75, 3.05) is 31.1 Å². The molecule has 0 atom stereocenters. The number of nitrogens with one attached hydrogen (secondary N) is 1. The van der Waals surface area contributed by atoms with Crippen LogP contribution in [0.25, 0.3) is 16.6 Å². The molecule has 2 aromatic heterocycles. The molecule has 0 aliphatic carbocycles. The molecule has 1 aromatic carbocycles. The molecule has 0 amide bonds. The number of halogens is 7. The van der Waals surface area contributed by atoms with Gasteiger partial charge in [0, 0.05) is 31.6 Å². The van der Waals surface area contributed by atoms with Gasteiger partial charge < -0.3 is 10.2 Å². The zero-order valence-electron chi connectivity index (χ0n) is 13.9. The maximum atomic E-state index is 14.5. The van der Waals surface area contributed by atoms with Crippen LogP contribution in [-0.2, 0) is 5.92 Å². The molecule has 28 heavy (non-hydrogen) atoms. The molecule has 0 radical (unpaired) electrons. The van der Waals surface area contributed by atoms with Crippen molar-refractivity contribution in [1.82, 2.24) is 24.9 Å². The van der Waals surface area contributed by atoms with Crippen molar-refractivity contribution < 1.29 is 30.7 Å². The van der Waals surface area contributed by atoms with E-state index in [-0.39, 0.29) is 17.7 Å². The summed E-state index contributed by atoms with van der Waals surface area (Å²) in [5, 5.41) is 6.47. The van der Waals surface area contributed by atoms with Gasteiger partial charge in [0.15, 0.2) is 17.3 Å². The van der Waals surface area contributed by atoms with Gasteiger partial charge in [-0.25, -0.2) is 18.7 Å². The predicted molar refractivity (Wildman–Crippen MR) is 83.2 cm³/mol. The number of anilines is 1. The number of nitrogens with zero attached hydrogens (tertiary/aromatic N) is 5. The monoisotopic (exact) mass is 408 g/mol. The SMILES string of the molecule is Fc1c(C(F)(F)C(F)(F)F)cc2c(nc(N3CCNCC3)n3ncnc23)c1F. The number of alkyl halides is 5. The summed E-state index contributed by atoms with van der Waals surface area (Å²) in [7, 11) is 0. The quantitative estimate of drug-likeness (QED) is 0.661. The summed E-state index contributed by atoms with van der Waals surface area (Å²) in [4.78, 5) is 9.46. The Balaban J connectivity index is 2.02. The summed E-state index contributed by atoms with van der Waals surface area (Å²) in [6.45, 7) is 2.04. The minimum Gasteiger partial charge on any atom is -0.338 e. The molecule has 150 valence electrons. The highest BCUT2D eigenvalue weighted by atomic mass is 19.4. The molecule has 1 N–H and O–H groups in total. The highest BCUT2D eigenvalue weighted by Gasteiger charge is 2.60. The third-order valence-corrected chi connectivity index (χ3v) is 4.46. The largest absolute Gasteiger partial charge is 0.458 e. The fourth-order valence-electron chi connectivity index (χ4n) is 3.07. The molecule has 13 heteroatoms. The van der Waals surface area contributed by atoms with E-state index in [0.29, 0.717) is 26.2 Å². The lowest BCUT2D eigenvalue weighted by atomic mass is 10.0. The summed E-state index contributed by atoms with van der Waals surface area (Å²) < 4.78 is 95.3. The first-order valence-electron chi connectivity index (χ1n) is 8.05. The van der Waals surface area contributed by atoms with Crippen LogP contribution in [0, 0.1) is 11.6 Å². The minimum absolute atomic E-state index is 0.0788. The van der Waals surface area contributed by atoms with E-state index in [0.717, 1.165) is 10.8 Å². The third-order valence-electron chi connectivity index (χ3n) is 4.46. The molecule has 0 spiro atoms. The average molecular weight is 408 g/mol. The summed E-state index contributed by atoms with van der Waals surface area (Å²) in [6, 6.07) is 0.222. The van der Waals surface area contributed by atoms with E-state index in [1.807, 2.05) is 0 Å². The fourth-order valence-corrected chi connectivity index (χ4v) is 3.07. The Kier molecular flexibility index (Phi) is 4.10. The Hall–Kier alpha value is -2.70. The van der Waals surface area contributed by atoms with E-state index >= 15 is 0 Å². The van der Waals surface area contributed by atoms with Gasteiger partial charge in [-0.2, -0.15) is 31.6 Å². The molecule has 0 saturated carbocycles. The second kappa shape index (κ2) is 6.15. The van der Waals surface area contributed by atoms with Gasteiger partial charge >= 0.3 is 12.1 Å². The van der Waals surface area contributed by atoms with E-state index in [1.54, 1.807) is 4.90 Å². The third kappa shape index (κ3) is 2.64. The minimum atomic E-state index is -6.11. The Morgan fingerprint density at radius 2 is 1.68 bits per heavy atom. The van der Waals surface area contributed by atoms with Crippen LogP contribution in [-0.4, -0.2) is 51.9 Å². The van der Waals surface area contributed by atoms with Crippen LogP contribution < -0.4 is 10.2 Å². The highest BCUT2D eigenvalue weighted by Crippen LogP contribution is 2.46. The van der Waals surface area contributed by atoms with E-state index in [9.17, 15) is 30.7 Å². The van der Waals surface area contributed by atoms with Gasteiger partial charge in [-0.3, -0.25) is 0 Å². The molecule has 4 rings (SSSR count). The number of fused-ring (bicyclic) bond motifs is 3. The number of rotatable bonds is 2. The molecule has 1 fully saturated rings. The summed E-state index contributed by atoms with van der Waals surface area (Å²) in [5.41, 5.74) is -3.04. The molecule has 3 aromatic rings. The lowest BCUT2D eigenvalue weighted by Gasteiger charge is -2.28. The molecule has 0 bridgehead atoms. The van der Waals surface area contributed by atoms with Gasteiger partial charge in [0.2, 0.25) is 5.95 Å². The van der Waals surface area contributed by atoms with Gasteiger partial charge in [-0.1, -0.05) is 0 Å². The molecular formula is C15H11F7N6. The summed E-state index contributed by atoms with van der Waals surface area (Å²) >= 11 is 0. The van der Waals surface area contributed by atoms with E-state index in [2.05, 4.69) is 20.4 Å². The van der Waals surface area contributed by atoms with Crippen molar-refractivity contribution in [3.8, 4) is 0 Å². The standard InChI is InChI=1S/C15H11F7N6/c16-9-8(14(18,19)15(20,21)22)5-7-11(10(9)17)26-13(27-3-1-23-2-4-27)28-12(7)24-6-25-28/h5-6,23H,1-4H2. The molecule has 0 unspecified atom stereocenters. The first-order chi connectivity index (χ1) is 13.1. The molecule has 1 aliphatic heterocycles. The van der Waals surface area contributed by atoms with E-state index in [4.69, 9.17) is 0 Å². The number of hydrogen-bond acceptors (Lipinski definition) is 5. The molecule has 6 nitrogen and oxygen atoms in total. The van der Waals surface area contributed by atoms with Crippen LogP contribution >= 0.6 is 0 Å². The van der Waals surface area contributed by atoms with Gasteiger partial charge in [-0.05, 0) is 6.07 Å². The topological polar surface area (TPSA) is 58.4 Å². The zero-order valence-corrected chi connectivity index (χ0v) is 13.9. The lowest BCUT2D eigenvalue weighted by molar-refractivity contribution is -0.290. The maximum absolute atomic E-state index is 14.5. The predicted octanol–water partition coefficient (Wildman–Crippen LogP) is 2.62. The van der Waals surface area contributed by atoms with Crippen LogP contribution in [0.15, 0.2) is 12.4 Å². The van der Waals surface area contributed by atoms with Gasteiger partial charge in [0.05, 0.1) is 5.56 Å². The molecule has 1 aliphatic rings. The van der Waals surface area contributed by atoms with Crippen LogP contribution in [0.4, 0.5) is 36.7 Å². The Morgan fingerprint density at radius 1 is 1.00 bits per heavy atom. The highest BCUT2D eigenvalue weighted by molar-refractivity contribution is 5.93. The first kappa shape index (κ1) is 18.7. The van der Waals surface area contributed by atoms with Gasteiger partial charge in [0.25, 0.3) is 0 Å².